The maximum atomic E-state index is 13.6. The zero-order chi connectivity index (χ0) is 25.2. The summed E-state index contributed by atoms with van der Waals surface area (Å²) in [6.45, 7) is 6.32. The van der Waals surface area contributed by atoms with Crippen LogP contribution in [-0.2, 0) is 24.4 Å². The van der Waals surface area contributed by atoms with Crippen LogP contribution < -0.4 is 11.2 Å². The molecular weight excluding hydrogens is 448 g/mol. The molecule has 0 amide bonds. The topological polar surface area (TPSA) is 101 Å². The molecule has 0 bridgehead atoms. The van der Waals surface area contributed by atoms with Gasteiger partial charge < -0.3 is 9.30 Å². The Morgan fingerprint density at radius 3 is 2.46 bits per heavy atom. The van der Waals surface area contributed by atoms with Crippen molar-refractivity contribution >= 4 is 16.6 Å². The first kappa shape index (κ1) is 22.8. The molecule has 2 aromatic heterocycles. The molecule has 0 fully saturated rings. The van der Waals surface area contributed by atoms with Crippen LogP contribution >= 0.6 is 0 Å². The van der Waals surface area contributed by atoms with Gasteiger partial charge in [0, 0.05) is 26.2 Å². The summed E-state index contributed by atoms with van der Waals surface area (Å²) < 4.78 is 11.0. The van der Waals surface area contributed by atoms with E-state index in [0.717, 1.165) is 15.7 Å². The van der Waals surface area contributed by atoms with Crippen molar-refractivity contribution < 1.29 is 9.66 Å². The van der Waals surface area contributed by atoms with Crippen molar-refractivity contribution in [2.24, 2.45) is 14.1 Å². The van der Waals surface area contributed by atoms with E-state index in [2.05, 4.69) is 4.57 Å². The third-order valence-electron chi connectivity index (χ3n) is 6.74. The Hall–Kier alpha value is -3.98. The second kappa shape index (κ2) is 7.78. The average Bonchev–Trinajstić information content (AvgIpc) is 3.19. The monoisotopic (exact) mass is 474 g/mol. The summed E-state index contributed by atoms with van der Waals surface area (Å²) in [4.78, 5) is 37.6. The van der Waals surface area contributed by atoms with E-state index in [9.17, 15) is 19.7 Å². The molecule has 35 heavy (non-hydrogen) atoms. The molecule has 9 nitrogen and oxygen atoms in total. The Bertz CT molecular complexity index is 1640. The Morgan fingerprint density at radius 2 is 1.77 bits per heavy atom. The molecule has 2 aromatic carbocycles. The van der Waals surface area contributed by atoms with Gasteiger partial charge >= 0.3 is 5.69 Å². The van der Waals surface area contributed by atoms with Gasteiger partial charge in [0.1, 0.15) is 6.10 Å². The smallest absolute Gasteiger partial charge is 0.331 e. The first-order chi connectivity index (χ1) is 16.5. The maximum Gasteiger partial charge on any atom is 0.331 e. The SMILES string of the molecule is Cc1cccc(-c2c3c(=O)n(C)c(=O)n(C)c3c3n2C(C)(C)CO[C@@H]3c2cccc([N+](=O)[O-])c2)c1. The molecule has 0 spiro atoms. The number of nitrogens with zero attached hydrogens (tertiary/aromatic N) is 4. The van der Waals surface area contributed by atoms with Crippen LogP contribution in [0.2, 0.25) is 0 Å². The second-order valence-corrected chi connectivity index (χ2v) is 9.72. The van der Waals surface area contributed by atoms with E-state index in [4.69, 9.17) is 4.74 Å². The molecule has 0 radical (unpaired) electrons. The quantitative estimate of drug-likeness (QED) is 0.332. The van der Waals surface area contributed by atoms with E-state index in [1.165, 1.54) is 23.7 Å². The predicted molar refractivity (Wildman–Crippen MR) is 133 cm³/mol. The van der Waals surface area contributed by atoms with E-state index in [0.29, 0.717) is 34.5 Å². The highest BCUT2D eigenvalue weighted by molar-refractivity contribution is 5.97. The van der Waals surface area contributed by atoms with Crippen LogP contribution in [0.5, 0.6) is 0 Å². The van der Waals surface area contributed by atoms with Crippen LogP contribution in [-0.4, -0.2) is 25.2 Å². The highest BCUT2D eigenvalue weighted by Crippen LogP contribution is 2.45. The summed E-state index contributed by atoms with van der Waals surface area (Å²) in [5.41, 5.74) is 2.82. The Labute approximate surface area is 201 Å². The summed E-state index contributed by atoms with van der Waals surface area (Å²) in [5, 5.41) is 11.9. The van der Waals surface area contributed by atoms with Gasteiger partial charge in [0.05, 0.1) is 39.4 Å². The lowest BCUT2D eigenvalue weighted by molar-refractivity contribution is -0.385. The molecule has 0 N–H and O–H groups in total. The van der Waals surface area contributed by atoms with Gasteiger partial charge in [-0.25, -0.2) is 4.79 Å². The summed E-state index contributed by atoms with van der Waals surface area (Å²) in [5.74, 6) is 0. The minimum Gasteiger partial charge on any atom is -0.365 e. The number of hydrogen-bond acceptors (Lipinski definition) is 5. The van der Waals surface area contributed by atoms with Crippen LogP contribution in [0.25, 0.3) is 22.2 Å². The highest BCUT2D eigenvalue weighted by Gasteiger charge is 2.41. The van der Waals surface area contributed by atoms with E-state index in [-0.39, 0.29) is 5.69 Å². The Kier molecular flexibility index (Phi) is 5.06. The van der Waals surface area contributed by atoms with Gasteiger partial charge in [-0.2, -0.15) is 0 Å². The number of fused-ring (bicyclic) bond motifs is 3. The molecule has 5 rings (SSSR count). The van der Waals surface area contributed by atoms with Crippen molar-refractivity contribution in [2.45, 2.75) is 32.4 Å². The van der Waals surface area contributed by atoms with Gasteiger partial charge in [-0.1, -0.05) is 35.9 Å². The normalized spacial score (nSPS) is 16.9. The van der Waals surface area contributed by atoms with Crippen molar-refractivity contribution in [2.75, 3.05) is 6.61 Å². The first-order valence-electron chi connectivity index (χ1n) is 11.3. The van der Waals surface area contributed by atoms with Gasteiger partial charge in [0.25, 0.3) is 11.2 Å². The minimum absolute atomic E-state index is 0.0537. The molecule has 1 aliphatic heterocycles. The number of hydrogen-bond donors (Lipinski definition) is 0. The average molecular weight is 475 g/mol. The number of benzene rings is 2. The summed E-state index contributed by atoms with van der Waals surface area (Å²) in [7, 11) is 3.11. The maximum absolute atomic E-state index is 13.6. The third kappa shape index (κ3) is 3.34. The molecular formula is C26H26N4O5. The zero-order valence-electron chi connectivity index (χ0n) is 20.2. The van der Waals surface area contributed by atoms with Gasteiger partial charge in [0.15, 0.2) is 0 Å². The van der Waals surface area contributed by atoms with Crippen molar-refractivity contribution in [3.8, 4) is 11.3 Å². The third-order valence-corrected chi connectivity index (χ3v) is 6.74. The van der Waals surface area contributed by atoms with Crippen LogP contribution in [0.3, 0.4) is 0 Å². The largest absolute Gasteiger partial charge is 0.365 e. The standard InChI is InChI=1S/C26H26N4O5/c1-15-8-6-9-16(12-15)20-19-21(27(4)25(32)28(5)24(19)31)22-23(35-14-26(2,3)29(20)22)17-10-7-11-18(13-17)30(33)34/h6-13,23H,14H2,1-5H3/t23-/m1/s1. The first-order valence-corrected chi connectivity index (χ1v) is 11.3. The van der Waals surface area contributed by atoms with E-state index in [1.807, 2.05) is 45.0 Å². The molecule has 0 aliphatic carbocycles. The number of rotatable bonds is 3. The number of non-ortho nitro benzene ring substituents is 1. The second-order valence-electron chi connectivity index (χ2n) is 9.72. The predicted octanol–water partition coefficient (Wildman–Crippen LogP) is 3.78. The van der Waals surface area contributed by atoms with Crippen molar-refractivity contribution in [3.05, 3.63) is 96.3 Å². The number of aryl methyl sites for hydroxylation is 2. The summed E-state index contributed by atoms with van der Waals surface area (Å²) in [6, 6.07) is 14.2. The highest BCUT2D eigenvalue weighted by atomic mass is 16.6. The number of aromatic nitrogens is 3. The van der Waals surface area contributed by atoms with Crippen LogP contribution in [0.15, 0.2) is 58.1 Å². The molecule has 180 valence electrons. The zero-order valence-corrected chi connectivity index (χ0v) is 20.2. The van der Waals surface area contributed by atoms with Crippen molar-refractivity contribution in [1.82, 2.24) is 13.7 Å². The van der Waals surface area contributed by atoms with Gasteiger partial charge in [0.2, 0.25) is 0 Å². The van der Waals surface area contributed by atoms with E-state index in [1.54, 1.807) is 19.2 Å². The number of nitro groups is 1. The van der Waals surface area contributed by atoms with Gasteiger partial charge in [-0.3, -0.25) is 24.0 Å². The fourth-order valence-corrected chi connectivity index (χ4v) is 5.12. The van der Waals surface area contributed by atoms with E-state index >= 15 is 0 Å². The molecule has 0 saturated carbocycles. The molecule has 3 heterocycles. The van der Waals surface area contributed by atoms with E-state index < -0.39 is 27.8 Å². The molecule has 9 heteroatoms. The summed E-state index contributed by atoms with van der Waals surface area (Å²) in [6.07, 6.45) is -0.707. The number of nitro benzene ring substituents is 1. The lowest BCUT2D eigenvalue weighted by Gasteiger charge is -2.39. The van der Waals surface area contributed by atoms with Gasteiger partial charge in [-0.15, -0.1) is 0 Å². The fraction of sp³-hybridized carbons (Fsp3) is 0.308. The molecule has 1 atom stereocenters. The molecule has 0 saturated heterocycles. The van der Waals surface area contributed by atoms with Crippen LogP contribution in [0.4, 0.5) is 5.69 Å². The number of ether oxygens (including phenoxy) is 1. The van der Waals surface area contributed by atoms with Gasteiger partial charge in [-0.05, 0) is 38.0 Å². The Balaban J connectivity index is 1.99. The lowest BCUT2D eigenvalue weighted by atomic mass is 9.97. The summed E-state index contributed by atoms with van der Waals surface area (Å²) >= 11 is 0. The Morgan fingerprint density at radius 1 is 1.06 bits per heavy atom. The van der Waals surface area contributed by atoms with Crippen LogP contribution in [0, 0.1) is 17.0 Å². The molecule has 1 aliphatic rings. The van der Waals surface area contributed by atoms with Crippen molar-refractivity contribution in [3.63, 3.8) is 0 Å². The lowest BCUT2D eigenvalue weighted by Crippen LogP contribution is -2.40. The van der Waals surface area contributed by atoms with Crippen LogP contribution in [0.1, 0.15) is 36.8 Å². The van der Waals surface area contributed by atoms with Crippen molar-refractivity contribution in [1.29, 1.82) is 0 Å². The minimum atomic E-state index is -0.707. The molecule has 4 aromatic rings. The molecule has 0 unspecified atom stereocenters. The fourth-order valence-electron chi connectivity index (χ4n) is 5.12.